The first-order valence-electron chi connectivity index (χ1n) is 10.5. The summed E-state index contributed by atoms with van der Waals surface area (Å²) in [6, 6.07) is 17.9. The number of likely N-dealkylation sites (N-methyl/N-ethyl adjacent to an activating group) is 1. The highest BCUT2D eigenvalue weighted by atomic mass is 35.5. The van der Waals surface area contributed by atoms with Gasteiger partial charge in [-0.05, 0) is 48.8 Å². The van der Waals surface area contributed by atoms with Gasteiger partial charge >= 0.3 is 0 Å². The lowest BCUT2D eigenvalue weighted by molar-refractivity contribution is -0.121. The van der Waals surface area contributed by atoms with Crippen LogP contribution in [0.5, 0.6) is 0 Å². The van der Waals surface area contributed by atoms with E-state index in [0.717, 1.165) is 34.9 Å². The Morgan fingerprint density at radius 3 is 2.50 bits per heavy atom. The number of hydrogen-bond donors (Lipinski definition) is 1. The molecule has 0 aliphatic heterocycles. The molecule has 30 heavy (non-hydrogen) atoms. The molecule has 5 nitrogen and oxygen atoms in total. The van der Waals surface area contributed by atoms with Crippen LogP contribution in [0.25, 0.3) is 5.69 Å². The number of nitrogens with zero attached hydrogens (tertiary/aromatic N) is 3. The van der Waals surface area contributed by atoms with Gasteiger partial charge in [-0.25, -0.2) is 4.68 Å². The van der Waals surface area contributed by atoms with E-state index in [4.69, 9.17) is 11.6 Å². The van der Waals surface area contributed by atoms with Gasteiger partial charge in [0.05, 0.1) is 17.9 Å². The topological polar surface area (TPSA) is 50.2 Å². The summed E-state index contributed by atoms with van der Waals surface area (Å²) in [6.07, 6.45) is 4.88. The summed E-state index contributed by atoms with van der Waals surface area (Å²) in [4.78, 5) is 14.8. The summed E-state index contributed by atoms with van der Waals surface area (Å²) in [5.41, 5.74) is 3.10. The van der Waals surface area contributed by atoms with Gasteiger partial charge in [0, 0.05) is 24.2 Å². The van der Waals surface area contributed by atoms with Crippen LogP contribution in [-0.4, -0.2) is 40.2 Å². The molecule has 0 radical (unpaired) electrons. The number of carbonyl (C=O) groups excluding carboxylic acids is 1. The molecule has 6 heteroatoms. The second-order valence-corrected chi connectivity index (χ2v) is 7.60. The number of nitrogens with one attached hydrogen (secondary N) is 1. The largest absolute Gasteiger partial charge is 0.354 e. The number of halogens is 1. The first kappa shape index (κ1) is 22.1. The molecule has 3 rings (SSSR count). The van der Waals surface area contributed by atoms with Crippen LogP contribution < -0.4 is 5.32 Å². The molecule has 1 amide bonds. The van der Waals surface area contributed by atoms with Crippen molar-refractivity contribution in [1.29, 1.82) is 0 Å². The quantitative estimate of drug-likeness (QED) is 0.515. The van der Waals surface area contributed by atoms with E-state index in [1.807, 2.05) is 71.7 Å². The van der Waals surface area contributed by atoms with Gasteiger partial charge in [-0.2, -0.15) is 5.10 Å². The minimum atomic E-state index is 0.0340. The van der Waals surface area contributed by atoms with Gasteiger partial charge < -0.3 is 5.32 Å². The third kappa shape index (κ3) is 5.71. The maximum atomic E-state index is 12.5. The van der Waals surface area contributed by atoms with Crippen molar-refractivity contribution >= 4 is 17.5 Å². The summed E-state index contributed by atoms with van der Waals surface area (Å²) in [5, 5.41) is 8.23. The average Bonchev–Trinajstić information content (AvgIpc) is 3.26. The van der Waals surface area contributed by atoms with E-state index >= 15 is 0 Å². The molecule has 1 unspecified atom stereocenters. The molecular formula is C24H29ClN4O. The lowest BCUT2D eigenvalue weighted by Crippen LogP contribution is -2.38. The van der Waals surface area contributed by atoms with Crippen LogP contribution >= 0.6 is 11.6 Å². The Kier molecular flexibility index (Phi) is 8.05. The van der Waals surface area contributed by atoms with Gasteiger partial charge in [-0.3, -0.25) is 9.69 Å². The van der Waals surface area contributed by atoms with Crippen molar-refractivity contribution in [3.63, 3.8) is 0 Å². The average molecular weight is 425 g/mol. The number of para-hydroxylation sites is 1. The van der Waals surface area contributed by atoms with E-state index in [2.05, 4.69) is 29.2 Å². The Morgan fingerprint density at radius 2 is 1.80 bits per heavy atom. The number of hydrogen-bond acceptors (Lipinski definition) is 3. The lowest BCUT2D eigenvalue weighted by atomic mass is 10.0. The normalized spacial score (nSPS) is 12.1. The molecule has 1 atom stereocenters. The Bertz CT molecular complexity index is 937. The lowest BCUT2D eigenvalue weighted by Gasteiger charge is -2.31. The van der Waals surface area contributed by atoms with Crippen molar-refractivity contribution in [3.05, 3.63) is 83.1 Å². The Morgan fingerprint density at radius 1 is 1.10 bits per heavy atom. The number of carbonyl (C=O) groups is 1. The Hall–Kier alpha value is -2.63. The predicted molar refractivity (Wildman–Crippen MR) is 122 cm³/mol. The molecule has 1 N–H and O–H groups in total. The molecule has 158 valence electrons. The van der Waals surface area contributed by atoms with Crippen molar-refractivity contribution in [2.24, 2.45) is 0 Å². The summed E-state index contributed by atoms with van der Waals surface area (Å²) in [6.45, 7) is 6.56. The number of rotatable bonds is 10. The van der Waals surface area contributed by atoms with Crippen molar-refractivity contribution < 1.29 is 4.79 Å². The highest BCUT2D eigenvalue weighted by Gasteiger charge is 2.21. The standard InChI is InChI=1S/C24H29ClN4O/c1-3-28(4-2)23(21-12-8-9-13-22(21)25)17-26-24(30)15-14-19-16-27-29(18-19)20-10-6-5-7-11-20/h5-13,16,18,23H,3-4,14-15,17H2,1-2H3,(H,26,30). The van der Waals surface area contributed by atoms with E-state index in [1.54, 1.807) is 0 Å². The van der Waals surface area contributed by atoms with Crippen molar-refractivity contribution in [2.75, 3.05) is 19.6 Å². The van der Waals surface area contributed by atoms with Crippen LogP contribution in [0.1, 0.15) is 37.4 Å². The fourth-order valence-corrected chi connectivity index (χ4v) is 3.88. The third-order valence-corrected chi connectivity index (χ3v) is 5.65. The van der Waals surface area contributed by atoms with Crippen LogP contribution in [0.2, 0.25) is 5.02 Å². The zero-order valence-corrected chi connectivity index (χ0v) is 18.3. The van der Waals surface area contributed by atoms with Crippen LogP contribution in [0, 0.1) is 0 Å². The fraction of sp³-hybridized carbons (Fsp3) is 0.333. The summed E-state index contributed by atoms with van der Waals surface area (Å²) < 4.78 is 1.83. The number of aromatic nitrogens is 2. The first-order chi connectivity index (χ1) is 14.6. The monoisotopic (exact) mass is 424 g/mol. The number of aryl methyl sites for hydroxylation is 1. The van der Waals surface area contributed by atoms with Crippen LogP contribution in [0.15, 0.2) is 67.0 Å². The van der Waals surface area contributed by atoms with Crippen molar-refractivity contribution in [1.82, 2.24) is 20.0 Å². The second kappa shape index (κ2) is 11.0. The van der Waals surface area contributed by atoms with Gasteiger partial charge in [0.2, 0.25) is 5.91 Å². The van der Waals surface area contributed by atoms with Crippen LogP contribution in [0.3, 0.4) is 0 Å². The molecule has 0 aliphatic carbocycles. The molecular weight excluding hydrogens is 396 g/mol. The predicted octanol–water partition coefficient (Wildman–Crippen LogP) is 4.66. The zero-order chi connectivity index (χ0) is 21.3. The third-order valence-electron chi connectivity index (χ3n) is 5.31. The minimum Gasteiger partial charge on any atom is -0.354 e. The van der Waals surface area contributed by atoms with Gasteiger partial charge in [-0.1, -0.05) is 61.8 Å². The van der Waals surface area contributed by atoms with E-state index < -0.39 is 0 Å². The Labute approximate surface area is 183 Å². The molecule has 0 spiro atoms. The molecule has 0 saturated carbocycles. The maximum Gasteiger partial charge on any atom is 0.220 e. The van der Waals surface area contributed by atoms with Crippen LogP contribution in [-0.2, 0) is 11.2 Å². The second-order valence-electron chi connectivity index (χ2n) is 7.19. The molecule has 1 aromatic heterocycles. The highest BCUT2D eigenvalue weighted by molar-refractivity contribution is 6.31. The first-order valence-corrected chi connectivity index (χ1v) is 10.8. The highest BCUT2D eigenvalue weighted by Crippen LogP contribution is 2.27. The molecule has 0 aliphatic rings. The van der Waals surface area contributed by atoms with Gasteiger partial charge in [0.1, 0.15) is 0 Å². The number of benzene rings is 2. The van der Waals surface area contributed by atoms with Gasteiger partial charge in [0.25, 0.3) is 0 Å². The summed E-state index contributed by atoms with van der Waals surface area (Å²) in [7, 11) is 0. The van der Waals surface area contributed by atoms with Crippen LogP contribution in [0.4, 0.5) is 0 Å². The molecule has 2 aromatic carbocycles. The SMILES string of the molecule is CCN(CC)C(CNC(=O)CCc1cnn(-c2ccccc2)c1)c1ccccc1Cl. The smallest absolute Gasteiger partial charge is 0.220 e. The molecule has 3 aromatic rings. The van der Waals surface area contributed by atoms with Gasteiger partial charge in [0.15, 0.2) is 0 Å². The van der Waals surface area contributed by atoms with E-state index in [0.29, 0.717) is 19.4 Å². The fourth-order valence-electron chi connectivity index (χ4n) is 3.61. The molecule has 0 fully saturated rings. The Balaban J connectivity index is 1.57. The summed E-state index contributed by atoms with van der Waals surface area (Å²) in [5.74, 6) is 0.0340. The zero-order valence-electron chi connectivity index (χ0n) is 17.6. The number of amides is 1. The molecule has 1 heterocycles. The van der Waals surface area contributed by atoms with Crippen molar-refractivity contribution in [3.8, 4) is 5.69 Å². The minimum absolute atomic E-state index is 0.0340. The summed E-state index contributed by atoms with van der Waals surface area (Å²) >= 11 is 6.44. The van der Waals surface area contributed by atoms with Crippen molar-refractivity contribution in [2.45, 2.75) is 32.7 Å². The van der Waals surface area contributed by atoms with Gasteiger partial charge in [-0.15, -0.1) is 0 Å². The van der Waals surface area contributed by atoms with E-state index in [9.17, 15) is 4.79 Å². The molecule has 0 bridgehead atoms. The van der Waals surface area contributed by atoms with E-state index in [-0.39, 0.29) is 11.9 Å². The van der Waals surface area contributed by atoms with E-state index in [1.165, 1.54) is 0 Å². The maximum absolute atomic E-state index is 12.5. The molecule has 0 saturated heterocycles.